The number of nitriles is 1. The first-order valence-corrected chi connectivity index (χ1v) is 8.63. The van der Waals surface area contributed by atoms with Gasteiger partial charge in [-0.15, -0.1) is 0 Å². The molecule has 0 N–H and O–H groups in total. The minimum absolute atomic E-state index is 0.191. The molecule has 148 valence electrons. The second-order valence-corrected chi connectivity index (χ2v) is 6.00. The summed E-state index contributed by atoms with van der Waals surface area (Å²) in [6.45, 7) is 0.400. The van der Waals surface area contributed by atoms with Gasteiger partial charge >= 0.3 is 0 Å². The fraction of sp³-hybridized carbons (Fsp3) is 0.190. The molecule has 3 aromatic rings. The Hall–Kier alpha value is -3.86. The quantitative estimate of drug-likeness (QED) is 0.571. The topological polar surface area (TPSA) is 81.7 Å². The zero-order chi connectivity index (χ0) is 20.8. The van der Waals surface area contributed by atoms with E-state index in [9.17, 15) is 9.65 Å². The summed E-state index contributed by atoms with van der Waals surface area (Å²) in [7, 11) is 4.59. The lowest BCUT2D eigenvalue weighted by Crippen LogP contribution is -1.99. The van der Waals surface area contributed by atoms with Crippen molar-refractivity contribution >= 4 is 12.0 Å². The van der Waals surface area contributed by atoms with Crippen molar-refractivity contribution in [3.63, 3.8) is 0 Å². The average molecular weight is 394 g/mol. The van der Waals surface area contributed by atoms with Crippen molar-refractivity contribution in [2.24, 2.45) is 4.99 Å². The second kappa shape index (κ2) is 8.89. The molecule has 0 amide bonds. The molecule has 0 saturated heterocycles. The van der Waals surface area contributed by atoms with Crippen LogP contribution in [0.1, 0.15) is 16.8 Å². The highest BCUT2D eigenvalue weighted by Gasteiger charge is 2.14. The number of ether oxygens (including phenoxy) is 3. The van der Waals surface area contributed by atoms with Gasteiger partial charge in [-0.1, -0.05) is 12.1 Å². The van der Waals surface area contributed by atoms with Crippen LogP contribution in [0, 0.1) is 17.1 Å². The Balaban J connectivity index is 1.95. The van der Waals surface area contributed by atoms with Gasteiger partial charge in [-0.25, -0.2) is 14.4 Å². The number of hydrogen-bond acceptors (Lipinski definition) is 6. The van der Waals surface area contributed by atoms with Crippen LogP contribution in [-0.4, -0.2) is 37.1 Å². The molecule has 29 heavy (non-hydrogen) atoms. The van der Waals surface area contributed by atoms with Gasteiger partial charge in [0.1, 0.15) is 11.9 Å². The largest absolute Gasteiger partial charge is 0.493 e. The molecule has 0 saturated carbocycles. The van der Waals surface area contributed by atoms with Gasteiger partial charge in [0.05, 0.1) is 34.2 Å². The number of aromatic nitrogens is 2. The third-order valence-electron chi connectivity index (χ3n) is 4.21. The van der Waals surface area contributed by atoms with Crippen molar-refractivity contribution in [2.45, 2.75) is 6.54 Å². The highest BCUT2D eigenvalue weighted by atomic mass is 19.1. The number of nitrogens with zero attached hydrogens (tertiary/aromatic N) is 4. The van der Waals surface area contributed by atoms with Crippen molar-refractivity contribution < 1.29 is 18.6 Å². The van der Waals surface area contributed by atoms with E-state index in [-0.39, 0.29) is 11.5 Å². The highest BCUT2D eigenvalue weighted by Crippen LogP contribution is 2.37. The van der Waals surface area contributed by atoms with Crippen molar-refractivity contribution in [3.05, 3.63) is 65.4 Å². The molecule has 0 aliphatic heterocycles. The highest BCUT2D eigenvalue weighted by molar-refractivity contribution is 5.84. The Labute approximate surface area is 167 Å². The maximum Gasteiger partial charge on any atom is 0.203 e. The molecule has 0 radical (unpaired) electrons. The van der Waals surface area contributed by atoms with Crippen molar-refractivity contribution in [1.82, 2.24) is 9.55 Å². The molecule has 0 aliphatic rings. The predicted octanol–water partition coefficient (Wildman–Crippen LogP) is 3.72. The lowest BCUT2D eigenvalue weighted by molar-refractivity contribution is 0.324. The molecular formula is C21H19FN4O3. The Bertz CT molecular complexity index is 1040. The zero-order valence-corrected chi connectivity index (χ0v) is 16.2. The molecule has 0 fully saturated rings. The minimum atomic E-state index is -0.308. The van der Waals surface area contributed by atoms with E-state index in [2.05, 4.69) is 9.98 Å². The third-order valence-corrected chi connectivity index (χ3v) is 4.21. The fourth-order valence-corrected chi connectivity index (χ4v) is 2.80. The standard InChI is InChI=1S/C21H19FN4O3/c1-27-18-8-15(9-19(28-2)20(18)29-3)11-24-21-17(10-23)25-13-26(21)12-14-4-6-16(22)7-5-14/h4-9,11,13H,12H2,1-3H3/b24-11+. The smallest absolute Gasteiger partial charge is 0.203 e. The Morgan fingerprint density at radius 1 is 1.10 bits per heavy atom. The van der Waals surface area contributed by atoms with Crippen LogP contribution in [0.25, 0.3) is 0 Å². The summed E-state index contributed by atoms with van der Waals surface area (Å²) >= 11 is 0. The minimum Gasteiger partial charge on any atom is -0.493 e. The maximum atomic E-state index is 13.1. The lowest BCUT2D eigenvalue weighted by atomic mass is 10.2. The van der Waals surface area contributed by atoms with Gasteiger partial charge in [-0.05, 0) is 29.8 Å². The van der Waals surface area contributed by atoms with Crippen LogP contribution in [0.4, 0.5) is 10.2 Å². The van der Waals surface area contributed by atoms with Gasteiger partial charge in [0.2, 0.25) is 5.75 Å². The van der Waals surface area contributed by atoms with Crippen molar-refractivity contribution in [2.75, 3.05) is 21.3 Å². The average Bonchev–Trinajstić information content (AvgIpc) is 3.14. The second-order valence-electron chi connectivity index (χ2n) is 6.00. The summed E-state index contributed by atoms with van der Waals surface area (Å²) in [5.74, 6) is 1.55. The first-order valence-electron chi connectivity index (χ1n) is 8.63. The molecule has 0 atom stereocenters. The number of halogens is 1. The predicted molar refractivity (Wildman–Crippen MR) is 106 cm³/mol. The van der Waals surface area contributed by atoms with E-state index >= 15 is 0 Å². The number of aliphatic imine (C=N–C) groups is 1. The molecule has 0 bridgehead atoms. The summed E-state index contributed by atoms with van der Waals surface area (Å²) in [6.07, 6.45) is 3.12. The number of hydrogen-bond donors (Lipinski definition) is 0. The van der Waals surface area contributed by atoms with E-state index < -0.39 is 0 Å². The molecule has 8 heteroatoms. The van der Waals surface area contributed by atoms with Crippen LogP contribution in [0.15, 0.2) is 47.7 Å². The summed E-state index contributed by atoms with van der Waals surface area (Å²) in [4.78, 5) is 8.55. The van der Waals surface area contributed by atoms with Gasteiger partial charge in [0.15, 0.2) is 23.0 Å². The Morgan fingerprint density at radius 2 is 1.76 bits per heavy atom. The van der Waals surface area contributed by atoms with E-state index in [1.54, 1.807) is 35.0 Å². The maximum absolute atomic E-state index is 13.1. The van der Waals surface area contributed by atoms with Crippen LogP contribution in [-0.2, 0) is 6.54 Å². The van der Waals surface area contributed by atoms with Crippen LogP contribution in [0.3, 0.4) is 0 Å². The Kier molecular flexibility index (Phi) is 6.09. The summed E-state index contributed by atoms with van der Waals surface area (Å²) in [5.41, 5.74) is 1.74. The molecule has 3 rings (SSSR count). The molecular weight excluding hydrogens is 375 g/mol. The zero-order valence-electron chi connectivity index (χ0n) is 16.2. The number of imidazole rings is 1. The molecule has 2 aromatic carbocycles. The SMILES string of the molecule is COc1cc(/C=N/c2c(C#N)ncn2Cc2ccc(F)cc2)cc(OC)c1OC. The Morgan fingerprint density at radius 3 is 2.31 bits per heavy atom. The van der Waals surface area contributed by atoms with Crippen molar-refractivity contribution in [3.8, 4) is 23.3 Å². The summed E-state index contributed by atoms with van der Waals surface area (Å²) < 4.78 is 30.9. The molecule has 1 heterocycles. The fourth-order valence-electron chi connectivity index (χ4n) is 2.80. The van der Waals surface area contributed by atoms with E-state index in [1.165, 1.54) is 39.8 Å². The van der Waals surface area contributed by atoms with Crippen LogP contribution >= 0.6 is 0 Å². The molecule has 0 aliphatic carbocycles. The van der Waals surface area contributed by atoms with Gasteiger partial charge in [0.25, 0.3) is 0 Å². The third kappa shape index (κ3) is 4.35. The van der Waals surface area contributed by atoms with Crippen LogP contribution in [0.5, 0.6) is 17.2 Å². The van der Waals surface area contributed by atoms with E-state index in [0.717, 1.165) is 5.56 Å². The van der Waals surface area contributed by atoms with E-state index in [0.29, 0.717) is 35.2 Å². The van der Waals surface area contributed by atoms with E-state index in [1.807, 2.05) is 6.07 Å². The van der Waals surface area contributed by atoms with Gasteiger partial charge < -0.3 is 18.8 Å². The van der Waals surface area contributed by atoms with Crippen LogP contribution in [0.2, 0.25) is 0 Å². The molecule has 0 unspecified atom stereocenters. The first-order chi connectivity index (χ1) is 14.1. The number of methoxy groups -OCH3 is 3. The van der Waals surface area contributed by atoms with Gasteiger partial charge in [0, 0.05) is 11.8 Å². The monoisotopic (exact) mass is 394 g/mol. The summed E-state index contributed by atoms with van der Waals surface area (Å²) in [6, 6.07) is 11.7. The molecule has 1 aromatic heterocycles. The van der Waals surface area contributed by atoms with Gasteiger partial charge in [-0.2, -0.15) is 5.26 Å². The molecule has 7 nitrogen and oxygen atoms in total. The van der Waals surface area contributed by atoms with Crippen molar-refractivity contribution in [1.29, 1.82) is 5.26 Å². The number of benzene rings is 2. The molecule has 0 spiro atoms. The van der Waals surface area contributed by atoms with Crippen LogP contribution < -0.4 is 14.2 Å². The normalized spacial score (nSPS) is 10.7. The van der Waals surface area contributed by atoms with Gasteiger partial charge in [-0.3, -0.25) is 0 Å². The van der Waals surface area contributed by atoms with E-state index in [4.69, 9.17) is 14.2 Å². The lowest BCUT2D eigenvalue weighted by Gasteiger charge is -2.12. The summed E-state index contributed by atoms with van der Waals surface area (Å²) in [5, 5.41) is 9.36. The number of rotatable bonds is 7. The first kappa shape index (κ1) is 19.9.